The Kier molecular flexibility index (Phi) is 28.5. The van der Waals surface area contributed by atoms with E-state index in [2.05, 4.69) is 52.2 Å². The summed E-state index contributed by atoms with van der Waals surface area (Å²) < 4.78 is 0. The van der Waals surface area contributed by atoms with E-state index in [1.54, 1.807) is 41.5 Å². The molecule has 8 amide bonds. The number of guanidine groups is 1. The molecule has 0 aliphatic rings. The van der Waals surface area contributed by atoms with E-state index in [0.29, 0.717) is 18.5 Å². The lowest BCUT2D eigenvalue weighted by Crippen LogP contribution is -2.62. The minimum atomic E-state index is -1.81. The summed E-state index contributed by atoms with van der Waals surface area (Å²) >= 11 is 0. The summed E-state index contributed by atoms with van der Waals surface area (Å²) in [6.45, 7) is 13.2. The van der Waals surface area contributed by atoms with Crippen LogP contribution in [0.25, 0.3) is 0 Å². The number of carbonyl (C=O) groups excluding carboxylic acids is 8. The summed E-state index contributed by atoms with van der Waals surface area (Å²) in [5, 5.41) is 47.8. The Morgan fingerprint density at radius 1 is 0.608 bits per heavy atom. The molecule has 10 unspecified atom stereocenters. The third-order valence-corrected chi connectivity index (χ3v) is 11.6. The number of carboxylic acid groups (broad SMARTS) is 3. The molecule has 1 heterocycles. The van der Waals surface area contributed by atoms with Gasteiger partial charge < -0.3 is 80.0 Å². The number of hydrogen-bond acceptors (Lipinski definition) is 14. The van der Waals surface area contributed by atoms with Gasteiger partial charge in [0.05, 0.1) is 31.8 Å². The van der Waals surface area contributed by atoms with Crippen molar-refractivity contribution in [2.45, 2.75) is 162 Å². The van der Waals surface area contributed by atoms with Crippen LogP contribution in [0.1, 0.15) is 112 Å². The summed E-state index contributed by atoms with van der Waals surface area (Å²) in [4.78, 5) is 155. The molecule has 74 heavy (non-hydrogen) atoms. The zero-order chi connectivity index (χ0) is 56.4. The maximum atomic E-state index is 14.3. The molecule has 416 valence electrons. The minimum Gasteiger partial charge on any atom is -0.481 e. The summed E-state index contributed by atoms with van der Waals surface area (Å²) in [6, 6.07) is -11.4. The second kappa shape index (κ2) is 32.6. The average molecular weight is 1050 g/mol. The molecule has 1 aromatic heterocycles. The number of nitrogens with one attached hydrogen (secondary N) is 9. The van der Waals surface area contributed by atoms with Gasteiger partial charge in [0.25, 0.3) is 0 Å². The summed E-state index contributed by atoms with van der Waals surface area (Å²) in [5.74, 6) is -13.4. The van der Waals surface area contributed by atoms with Crippen molar-refractivity contribution < 1.29 is 68.1 Å². The third-order valence-electron chi connectivity index (χ3n) is 11.6. The highest BCUT2D eigenvalue weighted by Crippen LogP contribution is 2.15. The molecule has 1 aromatic rings. The van der Waals surface area contributed by atoms with Crippen molar-refractivity contribution in [1.29, 1.82) is 0 Å². The van der Waals surface area contributed by atoms with Gasteiger partial charge in [0, 0.05) is 24.9 Å². The zero-order valence-electron chi connectivity index (χ0n) is 43.3. The van der Waals surface area contributed by atoms with Crippen LogP contribution in [0.2, 0.25) is 0 Å². The average Bonchev–Trinajstić information content (AvgIpc) is 3.83. The normalized spacial score (nSPS) is 15.2. The van der Waals surface area contributed by atoms with Gasteiger partial charge in [0.1, 0.15) is 42.3 Å². The maximum absolute atomic E-state index is 14.3. The molecule has 0 saturated heterocycles. The first-order valence-corrected chi connectivity index (χ1v) is 24.4. The van der Waals surface area contributed by atoms with Crippen LogP contribution in [-0.2, 0) is 59.2 Å². The van der Waals surface area contributed by atoms with Gasteiger partial charge in [-0.25, -0.2) is 9.78 Å². The molecule has 0 spiro atoms. The van der Waals surface area contributed by atoms with E-state index in [-0.39, 0.29) is 56.4 Å². The van der Waals surface area contributed by atoms with Crippen LogP contribution in [0, 0.1) is 23.7 Å². The third kappa shape index (κ3) is 24.4. The number of rotatable bonds is 35. The Balaban J connectivity index is 3.49. The largest absolute Gasteiger partial charge is 0.481 e. The molecule has 18 N–H and O–H groups in total. The number of nitrogens with two attached hydrogens (primary N) is 3. The fraction of sp³-hybridized carbons (Fsp3) is 0.674. The van der Waals surface area contributed by atoms with Crippen molar-refractivity contribution in [2.24, 2.45) is 45.9 Å². The Bertz CT molecular complexity index is 2100. The predicted octanol–water partition coefficient (Wildman–Crippen LogP) is -2.94. The molecule has 28 nitrogen and oxygen atoms in total. The van der Waals surface area contributed by atoms with Gasteiger partial charge in [-0.3, -0.25) is 52.9 Å². The van der Waals surface area contributed by atoms with Crippen LogP contribution in [-0.4, -0.2) is 158 Å². The topological polar surface area (TPSA) is 464 Å². The highest BCUT2D eigenvalue weighted by Gasteiger charge is 2.37. The van der Waals surface area contributed by atoms with E-state index in [1.165, 1.54) is 12.5 Å². The Morgan fingerprint density at radius 2 is 1.09 bits per heavy atom. The molecule has 0 aliphatic carbocycles. The van der Waals surface area contributed by atoms with Gasteiger partial charge in [-0.05, 0) is 49.4 Å². The monoisotopic (exact) mass is 1050 g/mol. The van der Waals surface area contributed by atoms with E-state index in [1.807, 2.05) is 19.2 Å². The van der Waals surface area contributed by atoms with Crippen molar-refractivity contribution in [1.82, 2.24) is 52.5 Å². The lowest BCUT2D eigenvalue weighted by atomic mass is 9.94. The van der Waals surface area contributed by atoms with Gasteiger partial charge in [-0.15, -0.1) is 0 Å². The molecule has 0 saturated carbocycles. The van der Waals surface area contributed by atoms with E-state index in [9.17, 15) is 63.0 Å². The number of carbonyl (C=O) groups is 11. The Labute approximate surface area is 429 Å². The SMILES string of the molecule is CCC(C)C(NC(=O)C(CCCN=C(N)N)NC(=O)C(CC(=O)O)NC(=O)C(Cc1cnc[nH]1)NC(=O)C(N)CC(C)C)C(=O)NC(C(=O)NC(CC(C)C)C(=O)NCC(=O)NC(CC(=O)O)C(=O)O)C(C)CC. The van der Waals surface area contributed by atoms with E-state index in [0.717, 1.165) is 0 Å². The number of H-pyrrole nitrogens is 1. The van der Waals surface area contributed by atoms with Crippen LogP contribution in [0.4, 0.5) is 0 Å². The highest BCUT2D eigenvalue weighted by molar-refractivity contribution is 5.98. The molecule has 0 aromatic carbocycles. The van der Waals surface area contributed by atoms with Gasteiger partial charge in [-0.1, -0.05) is 68.2 Å². The highest BCUT2D eigenvalue weighted by atomic mass is 16.4. The smallest absolute Gasteiger partial charge is 0.326 e. The first-order valence-electron chi connectivity index (χ1n) is 24.4. The van der Waals surface area contributed by atoms with Crippen LogP contribution < -0.4 is 59.7 Å². The number of carboxylic acids is 3. The van der Waals surface area contributed by atoms with Gasteiger partial charge in [0.15, 0.2) is 5.96 Å². The fourth-order valence-electron chi connectivity index (χ4n) is 7.20. The second-order valence-corrected chi connectivity index (χ2v) is 19.0. The molecular formula is C46H78N14O14. The number of aliphatic carboxylic acids is 3. The maximum Gasteiger partial charge on any atom is 0.326 e. The quantitative estimate of drug-likeness (QED) is 0.0184. The molecule has 0 aliphatic heterocycles. The van der Waals surface area contributed by atoms with Crippen molar-refractivity contribution in [3.05, 3.63) is 18.2 Å². The number of aliphatic imine (C=N–C) groups is 1. The minimum absolute atomic E-state index is 0.0207. The predicted molar refractivity (Wildman–Crippen MR) is 267 cm³/mol. The van der Waals surface area contributed by atoms with E-state index >= 15 is 0 Å². The van der Waals surface area contributed by atoms with Crippen molar-refractivity contribution >= 4 is 71.1 Å². The number of aromatic amines is 1. The lowest BCUT2D eigenvalue weighted by molar-refractivity contribution is -0.147. The van der Waals surface area contributed by atoms with E-state index < -0.39 is 145 Å². The zero-order valence-corrected chi connectivity index (χ0v) is 43.3. The number of amides is 8. The molecule has 0 fully saturated rings. The molecular weight excluding hydrogens is 973 g/mol. The first kappa shape index (κ1) is 64.6. The Morgan fingerprint density at radius 3 is 1.59 bits per heavy atom. The van der Waals surface area contributed by atoms with Gasteiger partial charge in [-0.2, -0.15) is 0 Å². The number of imidazole rings is 1. The second-order valence-electron chi connectivity index (χ2n) is 19.0. The number of aromatic nitrogens is 2. The summed E-state index contributed by atoms with van der Waals surface area (Å²) in [7, 11) is 0. The standard InChI is InChI=1S/C46H78N14O14/c1-9-24(7)36(43(71)58-29(15-23(5)6)39(67)52-20-33(61)54-32(45(73)74)18-35(64)65)60-44(72)37(25(8)10-2)59-40(68)28(12-11-13-51-46(48)49)55-42(70)31(17-34(62)63)57-41(69)30(16-26-19-50-21-53-26)56-38(66)27(47)14-22(3)4/h19,21-25,27-32,36-37H,9-18,20,47H2,1-8H3,(H,50,53)(H,52,67)(H,54,61)(H,55,70)(H,56,66)(H,57,69)(H,58,71)(H,59,68)(H,60,72)(H,62,63)(H,64,65)(H,73,74)(H4,48,49,51). The Hall–Kier alpha value is -7.39. The van der Waals surface area contributed by atoms with Crippen molar-refractivity contribution in [3.63, 3.8) is 0 Å². The fourth-order valence-corrected chi connectivity index (χ4v) is 7.20. The molecule has 0 radical (unpaired) electrons. The molecule has 1 rings (SSSR count). The van der Waals surface area contributed by atoms with Crippen LogP contribution in [0.3, 0.4) is 0 Å². The molecule has 28 heteroatoms. The summed E-state index contributed by atoms with van der Waals surface area (Å²) in [6.07, 6.45) is 1.54. The first-order chi connectivity index (χ1) is 34.6. The molecule has 10 atom stereocenters. The lowest BCUT2D eigenvalue weighted by Gasteiger charge is -2.31. The molecule has 0 bridgehead atoms. The van der Waals surface area contributed by atoms with Gasteiger partial charge >= 0.3 is 17.9 Å². The summed E-state index contributed by atoms with van der Waals surface area (Å²) in [5.41, 5.74) is 17.4. The van der Waals surface area contributed by atoms with Crippen LogP contribution in [0.15, 0.2) is 17.5 Å². The number of nitrogens with zero attached hydrogens (tertiary/aromatic N) is 2. The van der Waals surface area contributed by atoms with E-state index in [4.69, 9.17) is 22.3 Å². The van der Waals surface area contributed by atoms with Crippen LogP contribution in [0.5, 0.6) is 0 Å². The van der Waals surface area contributed by atoms with Crippen molar-refractivity contribution in [2.75, 3.05) is 13.1 Å². The number of hydrogen-bond donors (Lipinski definition) is 15. The van der Waals surface area contributed by atoms with Crippen molar-refractivity contribution in [3.8, 4) is 0 Å². The van der Waals surface area contributed by atoms with Crippen LogP contribution >= 0.6 is 0 Å². The van der Waals surface area contributed by atoms with Gasteiger partial charge in [0.2, 0.25) is 47.3 Å².